The van der Waals surface area contributed by atoms with E-state index in [2.05, 4.69) is 12.1 Å². The number of fused-ring (bicyclic) bond motifs is 2. The third-order valence-corrected chi connectivity index (χ3v) is 5.02. The Kier molecular flexibility index (Phi) is 3.13. The van der Waals surface area contributed by atoms with Crippen LogP contribution in [0.1, 0.15) is 11.3 Å². The Morgan fingerprint density at radius 3 is 2.23 bits per heavy atom. The summed E-state index contributed by atoms with van der Waals surface area (Å²) < 4.78 is 31.8. The molecule has 0 atom stereocenters. The van der Waals surface area contributed by atoms with Crippen LogP contribution in [0.3, 0.4) is 0 Å². The van der Waals surface area contributed by atoms with Gasteiger partial charge in [0, 0.05) is 17.8 Å². The molecule has 0 N–H and O–H groups in total. The number of rotatable bonds is 2. The van der Waals surface area contributed by atoms with Gasteiger partial charge in [0.1, 0.15) is 6.21 Å². The maximum Gasteiger partial charge on any atom is 0.737 e. The van der Waals surface area contributed by atoms with Gasteiger partial charge in [0.05, 0.1) is 5.57 Å². The summed E-state index contributed by atoms with van der Waals surface area (Å²) in [6.07, 6.45) is 6.34. The lowest BCUT2D eigenvalue weighted by atomic mass is 9.86. The Labute approximate surface area is 150 Å². The summed E-state index contributed by atoms with van der Waals surface area (Å²) in [7, 11) is 0. The first-order valence-electron chi connectivity index (χ1n) is 8.56. The molecule has 0 fully saturated rings. The van der Waals surface area contributed by atoms with E-state index in [-0.39, 0.29) is 0 Å². The second-order valence-corrected chi connectivity index (χ2v) is 6.51. The van der Waals surface area contributed by atoms with Crippen molar-refractivity contribution in [3.63, 3.8) is 0 Å². The standard InChI is InChI=1S/C21H15BF2N2/c23-22(24)25-14-4-8-19(25)21(20-9-5-15-26(20)22)18-12-10-17(11-13-18)16-6-2-1-3-7-16/h1-15H. The molecule has 2 aromatic carbocycles. The molecule has 2 nitrogen and oxygen atoms in total. The number of nitrogens with zero attached hydrogens (tertiary/aromatic N) is 2. The van der Waals surface area contributed by atoms with Crippen LogP contribution in [-0.2, 0) is 0 Å². The van der Waals surface area contributed by atoms with Crippen LogP contribution in [0.25, 0.3) is 16.7 Å². The minimum Gasteiger partial charge on any atom is -0.396 e. The highest BCUT2D eigenvalue weighted by Crippen LogP contribution is 2.38. The Morgan fingerprint density at radius 2 is 1.46 bits per heavy atom. The third kappa shape index (κ3) is 2.07. The zero-order valence-corrected chi connectivity index (χ0v) is 13.9. The van der Waals surface area contributed by atoms with Gasteiger partial charge in [-0.15, -0.1) is 0 Å². The molecule has 0 radical (unpaired) electrons. The summed E-state index contributed by atoms with van der Waals surface area (Å²) in [6, 6.07) is 21.6. The van der Waals surface area contributed by atoms with E-state index in [1.807, 2.05) is 42.5 Å². The van der Waals surface area contributed by atoms with E-state index in [1.165, 1.54) is 12.4 Å². The van der Waals surface area contributed by atoms with Crippen molar-refractivity contribution < 1.29 is 13.1 Å². The number of hydrogen-bond donors (Lipinski definition) is 0. The van der Waals surface area contributed by atoms with Crippen LogP contribution < -0.4 is 0 Å². The third-order valence-electron chi connectivity index (χ3n) is 5.02. The van der Waals surface area contributed by atoms with Crippen LogP contribution in [0.15, 0.2) is 90.8 Å². The molecule has 3 heterocycles. The highest BCUT2D eigenvalue weighted by Gasteiger charge is 2.51. The number of aromatic nitrogens is 1. The first kappa shape index (κ1) is 15.1. The van der Waals surface area contributed by atoms with Crippen LogP contribution in [0.5, 0.6) is 0 Å². The van der Waals surface area contributed by atoms with Crippen molar-refractivity contribution >= 4 is 18.8 Å². The minimum atomic E-state index is -3.85. The predicted molar refractivity (Wildman–Crippen MR) is 101 cm³/mol. The highest BCUT2D eigenvalue weighted by atomic mass is 19.2. The molecule has 1 aromatic heterocycles. The van der Waals surface area contributed by atoms with E-state index in [4.69, 9.17) is 0 Å². The van der Waals surface area contributed by atoms with Gasteiger partial charge in [-0.2, -0.15) is 0 Å². The topological polar surface area (TPSA) is 7.94 Å². The fourth-order valence-electron chi connectivity index (χ4n) is 3.77. The van der Waals surface area contributed by atoms with Gasteiger partial charge in [-0.3, -0.25) is 0 Å². The lowest BCUT2D eigenvalue weighted by Gasteiger charge is -2.30. The smallest absolute Gasteiger partial charge is 0.396 e. The zero-order chi connectivity index (χ0) is 17.7. The lowest BCUT2D eigenvalue weighted by molar-refractivity contribution is -0.356. The van der Waals surface area contributed by atoms with Gasteiger partial charge in [0.15, 0.2) is 5.70 Å². The van der Waals surface area contributed by atoms with Crippen LogP contribution in [0.4, 0.5) is 8.63 Å². The molecule has 2 aliphatic heterocycles. The van der Waals surface area contributed by atoms with E-state index in [9.17, 15) is 8.63 Å². The average molecular weight is 344 g/mol. The predicted octanol–water partition coefficient (Wildman–Crippen LogP) is 4.80. The first-order chi connectivity index (χ1) is 12.7. The van der Waals surface area contributed by atoms with Crippen LogP contribution in [-0.4, -0.2) is 22.1 Å². The summed E-state index contributed by atoms with van der Waals surface area (Å²) >= 11 is 0. The second-order valence-electron chi connectivity index (χ2n) is 6.51. The molecule has 0 saturated heterocycles. The number of benzene rings is 2. The van der Waals surface area contributed by atoms with E-state index in [0.29, 0.717) is 11.4 Å². The van der Waals surface area contributed by atoms with Crippen molar-refractivity contribution in [3.8, 4) is 11.1 Å². The van der Waals surface area contributed by atoms with Crippen molar-refractivity contribution in [2.24, 2.45) is 0 Å². The Hall–Kier alpha value is -3.21. The quantitative estimate of drug-likeness (QED) is 0.590. The molecular weight excluding hydrogens is 329 g/mol. The molecule has 0 amide bonds. The monoisotopic (exact) mass is 344 g/mol. The molecular formula is C21H15BF2N2. The molecule has 126 valence electrons. The molecule has 2 aliphatic rings. The van der Waals surface area contributed by atoms with Crippen molar-refractivity contribution in [3.05, 3.63) is 102 Å². The molecule has 0 aliphatic carbocycles. The lowest BCUT2D eigenvalue weighted by Crippen LogP contribution is -2.49. The Balaban J connectivity index is 1.66. The number of allylic oxidation sites excluding steroid dienone is 2. The number of hydrogen-bond acceptors (Lipinski definition) is 0. The molecule has 0 spiro atoms. The van der Waals surface area contributed by atoms with E-state index >= 15 is 0 Å². The average Bonchev–Trinajstić information content (AvgIpc) is 3.34. The number of halogens is 2. The van der Waals surface area contributed by atoms with E-state index in [0.717, 1.165) is 31.2 Å². The van der Waals surface area contributed by atoms with Gasteiger partial charge < -0.3 is 17.6 Å². The van der Waals surface area contributed by atoms with Gasteiger partial charge >= 0.3 is 6.97 Å². The van der Waals surface area contributed by atoms with Gasteiger partial charge in [0.25, 0.3) is 0 Å². The fourth-order valence-corrected chi connectivity index (χ4v) is 3.77. The zero-order valence-electron chi connectivity index (χ0n) is 13.9. The van der Waals surface area contributed by atoms with Crippen LogP contribution in [0.2, 0.25) is 0 Å². The van der Waals surface area contributed by atoms with Crippen molar-refractivity contribution in [2.45, 2.75) is 0 Å². The SMILES string of the molecule is F[B-]1(F)n2cccc2C(c2ccc(-c3ccccc3)cc2)=C2C=CC=[N+]21. The molecule has 3 aromatic rings. The summed E-state index contributed by atoms with van der Waals surface area (Å²) in [5.41, 5.74) is 5.09. The van der Waals surface area contributed by atoms with E-state index in [1.54, 1.807) is 24.3 Å². The first-order valence-corrected chi connectivity index (χ1v) is 8.56. The summed E-state index contributed by atoms with van der Waals surface area (Å²) in [5.74, 6) is 0. The second kappa shape index (κ2) is 5.40. The van der Waals surface area contributed by atoms with Gasteiger partial charge in [-0.25, -0.2) is 0 Å². The Morgan fingerprint density at radius 1 is 0.769 bits per heavy atom. The molecule has 5 heteroatoms. The minimum absolute atomic E-state index is 0.550. The fraction of sp³-hybridized carbons (Fsp3) is 0. The van der Waals surface area contributed by atoms with E-state index < -0.39 is 6.97 Å². The molecule has 5 rings (SSSR count). The summed E-state index contributed by atoms with van der Waals surface area (Å²) in [5, 5.41) is 0. The van der Waals surface area contributed by atoms with Gasteiger partial charge in [0.2, 0.25) is 0 Å². The van der Waals surface area contributed by atoms with Crippen LogP contribution in [0, 0.1) is 0 Å². The summed E-state index contributed by atoms with van der Waals surface area (Å²) in [4.78, 5) is 0. The van der Waals surface area contributed by atoms with Crippen molar-refractivity contribution in [2.75, 3.05) is 0 Å². The maximum absolute atomic E-state index is 14.8. The molecule has 0 unspecified atom stereocenters. The molecule has 0 saturated carbocycles. The molecule has 0 bridgehead atoms. The molecule has 26 heavy (non-hydrogen) atoms. The largest absolute Gasteiger partial charge is 0.737 e. The maximum atomic E-state index is 14.8. The van der Waals surface area contributed by atoms with Crippen molar-refractivity contribution in [1.82, 2.24) is 4.48 Å². The van der Waals surface area contributed by atoms with Gasteiger partial charge in [-0.05, 0) is 35.0 Å². The van der Waals surface area contributed by atoms with Crippen LogP contribution >= 0.6 is 0 Å². The normalized spacial score (nSPS) is 17.1. The summed E-state index contributed by atoms with van der Waals surface area (Å²) in [6.45, 7) is -3.85. The Bertz CT molecular complexity index is 1090. The highest BCUT2D eigenvalue weighted by molar-refractivity contribution is 6.57. The van der Waals surface area contributed by atoms with Crippen molar-refractivity contribution in [1.29, 1.82) is 0 Å². The van der Waals surface area contributed by atoms with Gasteiger partial charge in [-0.1, -0.05) is 54.6 Å².